The smallest absolute Gasteiger partial charge is 0.123 e. The van der Waals surface area contributed by atoms with Gasteiger partial charge in [0.1, 0.15) is 5.82 Å². The van der Waals surface area contributed by atoms with Crippen molar-refractivity contribution in [3.8, 4) is 6.07 Å². The van der Waals surface area contributed by atoms with Gasteiger partial charge in [0.2, 0.25) is 0 Å². The van der Waals surface area contributed by atoms with Crippen LogP contribution in [0.25, 0.3) is 10.9 Å². The molecule has 1 aromatic carbocycles. The highest BCUT2D eigenvalue weighted by molar-refractivity contribution is 5.79. The summed E-state index contributed by atoms with van der Waals surface area (Å²) in [7, 11) is 0. The molecule has 0 atom stereocenters. The van der Waals surface area contributed by atoms with Gasteiger partial charge in [-0.1, -0.05) is 0 Å². The third-order valence-electron chi connectivity index (χ3n) is 2.32. The molecule has 2 aromatic rings. The van der Waals surface area contributed by atoms with Gasteiger partial charge >= 0.3 is 0 Å². The van der Waals surface area contributed by atoms with E-state index in [0.717, 1.165) is 22.2 Å². The molecular formula is C12H9FN2. The van der Waals surface area contributed by atoms with Crippen molar-refractivity contribution in [3.05, 3.63) is 41.3 Å². The first-order chi connectivity index (χ1) is 7.20. The van der Waals surface area contributed by atoms with Gasteiger partial charge in [-0.2, -0.15) is 5.26 Å². The molecule has 1 aromatic heterocycles. The van der Waals surface area contributed by atoms with Crippen LogP contribution < -0.4 is 0 Å². The zero-order chi connectivity index (χ0) is 10.8. The van der Waals surface area contributed by atoms with Crippen molar-refractivity contribution >= 4 is 10.9 Å². The van der Waals surface area contributed by atoms with Gasteiger partial charge in [-0.3, -0.25) is 4.98 Å². The van der Waals surface area contributed by atoms with Gasteiger partial charge in [-0.15, -0.1) is 0 Å². The Kier molecular flexibility index (Phi) is 2.34. The molecule has 0 amide bonds. The van der Waals surface area contributed by atoms with Crippen LogP contribution >= 0.6 is 0 Å². The van der Waals surface area contributed by atoms with E-state index in [1.54, 1.807) is 6.07 Å². The fourth-order valence-corrected chi connectivity index (χ4v) is 1.55. The van der Waals surface area contributed by atoms with Gasteiger partial charge in [-0.05, 0) is 36.8 Å². The molecule has 1 heterocycles. The van der Waals surface area contributed by atoms with Gasteiger partial charge in [0.05, 0.1) is 23.7 Å². The molecule has 0 radical (unpaired) electrons. The van der Waals surface area contributed by atoms with Crippen LogP contribution in [0.15, 0.2) is 24.3 Å². The molecule has 0 bridgehead atoms. The average molecular weight is 200 g/mol. The van der Waals surface area contributed by atoms with Crippen molar-refractivity contribution in [2.24, 2.45) is 0 Å². The summed E-state index contributed by atoms with van der Waals surface area (Å²) < 4.78 is 12.9. The minimum atomic E-state index is -0.267. The van der Waals surface area contributed by atoms with E-state index in [2.05, 4.69) is 11.1 Å². The molecule has 0 unspecified atom stereocenters. The number of aryl methyl sites for hydroxylation is 1. The Bertz CT molecular complexity index is 555. The predicted octanol–water partition coefficient (Wildman–Crippen LogP) is 2.75. The summed E-state index contributed by atoms with van der Waals surface area (Å²) in [5.41, 5.74) is 2.42. The highest BCUT2D eigenvalue weighted by Gasteiger charge is 2.03. The van der Waals surface area contributed by atoms with E-state index in [1.807, 2.05) is 13.0 Å². The van der Waals surface area contributed by atoms with E-state index in [9.17, 15) is 4.39 Å². The predicted molar refractivity (Wildman–Crippen MR) is 55.8 cm³/mol. The molecule has 0 aliphatic rings. The Morgan fingerprint density at radius 2 is 2.20 bits per heavy atom. The van der Waals surface area contributed by atoms with Crippen LogP contribution in [0.4, 0.5) is 4.39 Å². The maximum absolute atomic E-state index is 12.9. The fourth-order valence-electron chi connectivity index (χ4n) is 1.55. The largest absolute Gasteiger partial charge is 0.251 e. The number of fused-ring (bicyclic) bond motifs is 1. The van der Waals surface area contributed by atoms with Crippen LogP contribution in [-0.2, 0) is 6.42 Å². The van der Waals surface area contributed by atoms with Gasteiger partial charge in [0.15, 0.2) is 0 Å². The van der Waals surface area contributed by atoms with Gasteiger partial charge in [-0.25, -0.2) is 4.39 Å². The zero-order valence-corrected chi connectivity index (χ0v) is 8.29. The number of hydrogen-bond acceptors (Lipinski definition) is 2. The van der Waals surface area contributed by atoms with Gasteiger partial charge in [0, 0.05) is 5.39 Å². The van der Waals surface area contributed by atoms with Crippen LogP contribution in [0, 0.1) is 24.1 Å². The molecule has 15 heavy (non-hydrogen) atoms. The molecule has 2 nitrogen and oxygen atoms in total. The van der Waals surface area contributed by atoms with Crippen molar-refractivity contribution in [2.75, 3.05) is 0 Å². The third kappa shape index (κ3) is 1.79. The molecule has 0 fully saturated rings. The Hall–Kier alpha value is -1.95. The van der Waals surface area contributed by atoms with E-state index >= 15 is 0 Å². The molecule has 0 saturated heterocycles. The van der Waals surface area contributed by atoms with Crippen LogP contribution in [0.2, 0.25) is 0 Å². The summed E-state index contributed by atoms with van der Waals surface area (Å²) >= 11 is 0. The van der Waals surface area contributed by atoms with E-state index in [1.165, 1.54) is 12.1 Å². The normalized spacial score (nSPS) is 10.2. The van der Waals surface area contributed by atoms with Crippen LogP contribution in [0.3, 0.4) is 0 Å². The molecule has 3 heteroatoms. The maximum atomic E-state index is 12.9. The lowest BCUT2D eigenvalue weighted by Crippen LogP contribution is -1.93. The first kappa shape index (κ1) is 9.60. The Morgan fingerprint density at radius 3 is 2.93 bits per heavy atom. The van der Waals surface area contributed by atoms with Crippen LogP contribution in [0.5, 0.6) is 0 Å². The number of pyridine rings is 1. The number of benzene rings is 1. The Labute approximate surface area is 87.0 Å². The van der Waals surface area contributed by atoms with E-state index in [4.69, 9.17) is 5.26 Å². The quantitative estimate of drug-likeness (QED) is 0.709. The third-order valence-corrected chi connectivity index (χ3v) is 2.32. The van der Waals surface area contributed by atoms with E-state index in [0.29, 0.717) is 6.42 Å². The molecule has 0 aliphatic heterocycles. The standard InChI is InChI=1S/C12H9FN2/c1-8-6-9-7-10(13)2-3-12(9)15-11(8)4-5-14/h2-3,6-7H,4H2,1H3. The van der Waals surface area contributed by atoms with E-state index < -0.39 is 0 Å². The first-order valence-corrected chi connectivity index (χ1v) is 4.63. The monoisotopic (exact) mass is 200 g/mol. The van der Waals surface area contributed by atoms with Crippen LogP contribution in [-0.4, -0.2) is 4.98 Å². The number of nitrogens with zero attached hydrogens (tertiary/aromatic N) is 2. The second-order valence-corrected chi connectivity index (χ2v) is 3.42. The van der Waals surface area contributed by atoms with Gasteiger partial charge < -0.3 is 0 Å². The Morgan fingerprint density at radius 1 is 1.40 bits per heavy atom. The number of halogens is 1. The zero-order valence-electron chi connectivity index (χ0n) is 8.29. The molecule has 74 valence electrons. The number of nitriles is 1. The molecule has 0 saturated carbocycles. The topological polar surface area (TPSA) is 36.7 Å². The molecule has 0 spiro atoms. The van der Waals surface area contributed by atoms with Crippen LogP contribution in [0.1, 0.15) is 11.3 Å². The second kappa shape index (κ2) is 3.66. The summed E-state index contributed by atoms with van der Waals surface area (Å²) in [6, 6.07) is 8.38. The minimum absolute atomic E-state index is 0.267. The number of hydrogen-bond donors (Lipinski definition) is 0. The lowest BCUT2D eigenvalue weighted by Gasteiger charge is -2.03. The lowest BCUT2D eigenvalue weighted by molar-refractivity contribution is 0.629. The summed E-state index contributed by atoms with van der Waals surface area (Å²) in [5.74, 6) is -0.267. The Balaban J connectivity index is 2.66. The highest BCUT2D eigenvalue weighted by atomic mass is 19.1. The van der Waals surface area contributed by atoms with Crippen molar-refractivity contribution in [3.63, 3.8) is 0 Å². The van der Waals surface area contributed by atoms with Crippen molar-refractivity contribution in [1.29, 1.82) is 5.26 Å². The molecular weight excluding hydrogens is 191 g/mol. The summed E-state index contributed by atoms with van der Waals surface area (Å²) in [5, 5.41) is 9.38. The average Bonchev–Trinajstić information content (AvgIpc) is 2.20. The van der Waals surface area contributed by atoms with Crippen molar-refractivity contribution in [1.82, 2.24) is 4.98 Å². The number of rotatable bonds is 1. The van der Waals surface area contributed by atoms with Crippen molar-refractivity contribution < 1.29 is 4.39 Å². The highest BCUT2D eigenvalue weighted by Crippen LogP contribution is 2.17. The molecule has 0 aliphatic carbocycles. The first-order valence-electron chi connectivity index (χ1n) is 4.63. The second-order valence-electron chi connectivity index (χ2n) is 3.42. The maximum Gasteiger partial charge on any atom is 0.123 e. The SMILES string of the molecule is Cc1cc2cc(F)ccc2nc1CC#N. The summed E-state index contributed by atoms with van der Waals surface area (Å²) in [6.45, 7) is 1.88. The van der Waals surface area contributed by atoms with E-state index in [-0.39, 0.29) is 5.82 Å². The summed E-state index contributed by atoms with van der Waals surface area (Å²) in [4.78, 5) is 4.32. The fraction of sp³-hybridized carbons (Fsp3) is 0.167. The minimum Gasteiger partial charge on any atom is -0.251 e. The summed E-state index contributed by atoms with van der Waals surface area (Å²) in [6.07, 6.45) is 0.291. The molecule has 0 N–H and O–H groups in total. The van der Waals surface area contributed by atoms with Crippen molar-refractivity contribution in [2.45, 2.75) is 13.3 Å². The number of aromatic nitrogens is 1. The lowest BCUT2D eigenvalue weighted by atomic mass is 10.1. The molecule has 2 rings (SSSR count). The van der Waals surface area contributed by atoms with Gasteiger partial charge in [0.25, 0.3) is 0 Å².